The molecule has 8 nitrogen and oxygen atoms in total. The van der Waals surface area contributed by atoms with E-state index >= 15 is 0 Å². The van der Waals surface area contributed by atoms with Crippen molar-refractivity contribution in [2.45, 2.75) is 26.4 Å². The number of halogens is 1. The number of nitrogens with zero attached hydrogens (tertiary/aromatic N) is 4. The lowest BCUT2D eigenvalue weighted by molar-refractivity contribution is 0.0240. The maximum atomic E-state index is 12.1. The number of nitrogens with two attached hydrogens (primary N) is 1. The van der Waals surface area contributed by atoms with E-state index in [0.29, 0.717) is 31.9 Å². The Morgan fingerprint density at radius 2 is 1.96 bits per heavy atom. The average molecular weight is 356 g/mol. The lowest BCUT2D eigenvalue weighted by Gasteiger charge is -2.36. The Hall–Kier alpha value is -2.22. The fourth-order valence-corrected chi connectivity index (χ4v) is 2.52. The third kappa shape index (κ3) is 4.64. The number of anilines is 1. The predicted molar refractivity (Wildman–Crippen MR) is 91.8 cm³/mol. The topological polar surface area (TPSA) is 104 Å². The molecule has 9 heteroatoms. The first-order valence-corrected chi connectivity index (χ1v) is 7.96. The molecule has 0 unspecified atom stereocenters. The normalized spacial score (nSPS) is 16.2. The van der Waals surface area contributed by atoms with Crippen LogP contribution in [0.2, 0.25) is 5.15 Å². The molecule has 1 fully saturated rings. The second-order valence-electron chi connectivity index (χ2n) is 6.47. The van der Waals surface area contributed by atoms with Crippen molar-refractivity contribution in [2.75, 3.05) is 31.1 Å². The summed E-state index contributed by atoms with van der Waals surface area (Å²) in [6, 6.07) is 3.41. The molecule has 0 aliphatic carbocycles. The van der Waals surface area contributed by atoms with Gasteiger partial charge in [0.1, 0.15) is 16.4 Å². The molecular weight excluding hydrogens is 334 g/mol. The van der Waals surface area contributed by atoms with E-state index in [0.717, 1.165) is 5.69 Å². The zero-order chi connectivity index (χ0) is 17.9. The number of piperazine rings is 1. The largest absolute Gasteiger partial charge is 0.444 e. The van der Waals surface area contributed by atoms with Gasteiger partial charge in [0.15, 0.2) is 5.84 Å². The molecule has 24 heavy (non-hydrogen) atoms. The summed E-state index contributed by atoms with van der Waals surface area (Å²) in [5.74, 6) is -0.105. The smallest absolute Gasteiger partial charge is 0.410 e. The number of ether oxygens (including phenoxy) is 1. The quantitative estimate of drug-likeness (QED) is 0.276. The summed E-state index contributed by atoms with van der Waals surface area (Å²) in [5.41, 5.74) is 6.17. The number of hydrogen-bond donors (Lipinski definition) is 2. The van der Waals surface area contributed by atoms with Gasteiger partial charge in [-0.05, 0) is 32.9 Å². The Labute approximate surface area is 145 Å². The van der Waals surface area contributed by atoms with E-state index in [9.17, 15) is 4.79 Å². The van der Waals surface area contributed by atoms with E-state index in [2.05, 4.69) is 15.0 Å². The molecule has 1 saturated heterocycles. The van der Waals surface area contributed by atoms with Gasteiger partial charge in [0.25, 0.3) is 0 Å². The van der Waals surface area contributed by atoms with Crippen molar-refractivity contribution in [2.24, 2.45) is 10.9 Å². The molecule has 0 spiro atoms. The zero-order valence-electron chi connectivity index (χ0n) is 14.0. The van der Waals surface area contributed by atoms with Crippen LogP contribution in [0.4, 0.5) is 10.5 Å². The number of hydrogen-bond acceptors (Lipinski definition) is 6. The lowest BCUT2D eigenvalue weighted by atomic mass is 10.2. The van der Waals surface area contributed by atoms with Gasteiger partial charge in [0.2, 0.25) is 0 Å². The van der Waals surface area contributed by atoms with Crippen molar-refractivity contribution in [3.05, 3.63) is 23.0 Å². The molecule has 0 aromatic carbocycles. The molecule has 0 bridgehead atoms. The van der Waals surface area contributed by atoms with Crippen LogP contribution in [-0.4, -0.2) is 58.8 Å². The third-order valence-corrected chi connectivity index (χ3v) is 3.64. The number of carbonyl (C=O) groups is 1. The van der Waals surface area contributed by atoms with E-state index in [1.165, 1.54) is 0 Å². The van der Waals surface area contributed by atoms with Crippen LogP contribution in [0.5, 0.6) is 0 Å². The summed E-state index contributed by atoms with van der Waals surface area (Å²) in [4.78, 5) is 19.8. The molecule has 0 atom stereocenters. The van der Waals surface area contributed by atoms with Gasteiger partial charge in [-0.25, -0.2) is 9.78 Å². The number of oxime groups is 1. The van der Waals surface area contributed by atoms with Gasteiger partial charge in [-0.3, -0.25) is 0 Å². The lowest BCUT2D eigenvalue weighted by Crippen LogP contribution is -2.50. The van der Waals surface area contributed by atoms with Crippen LogP contribution >= 0.6 is 11.6 Å². The summed E-state index contributed by atoms with van der Waals surface area (Å²) in [7, 11) is 0. The van der Waals surface area contributed by atoms with Gasteiger partial charge >= 0.3 is 6.09 Å². The number of rotatable bonds is 2. The summed E-state index contributed by atoms with van der Waals surface area (Å²) < 4.78 is 5.38. The van der Waals surface area contributed by atoms with Crippen LogP contribution in [0.1, 0.15) is 26.5 Å². The maximum Gasteiger partial charge on any atom is 0.410 e. The summed E-state index contributed by atoms with van der Waals surface area (Å²) in [6.07, 6.45) is -0.313. The highest BCUT2D eigenvalue weighted by Gasteiger charge is 2.26. The second kappa shape index (κ2) is 7.12. The number of pyridine rings is 1. The fraction of sp³-hybridized carbons (Fsp3) is 0.533. The second-order valence-corrected chi connectivity index (χ2v) is 6.86. The standard InChI is InChI=1S/C15H22ClN5O3/c1-15(2,3)24-14(22)21-6-4-20(5-7-21)10-8-11(13(17)19-23)18-12(16)9-10/h8-9,23H,4-7H2,1-3H3,(H2,17,19). The minimum Gasteiger partial charge on any atom is -0.444 e. The maximum absolute atomic E-state index is 12.1. The summed E-state index contributed by atoms with van der Waals surface area (Å²) in [6.45, 7) is 7.84. The number of amides is 1. The van der Waals surface area contributed by atoms with E-state index in [1.807, 2.05) is 20.8 Å². The van der Waals surface area contributed by atoms with Gasteiger partial charge in [-0.1, -0.05) is 16.8 Å². The molecule has 2 rings (SSSR count). The van der Waals surface area contributed by atoms with E-state index in [-0.39, 0.29) is 17.1 Å². The summed E-state index contributed by atoms with van der Waals surface area (Å²) in [5, 5.41) is 12.0. The first-order chi connectivity index (χ1) is 11.2. The van der Waals surface area contributed by atoms with Crippen LogP contribution in [0.15, 0.2) is 17.3 Å². The number of aromatic nitrogens is 1. The Morgan fingerprint density at radius 1 is 1.33 bits per heavy atom. The van der Waals surface area contributed by atoms with Crippen LogP contribution in [0.3, 0.4) is 0 Å². The number of amidine groups is 1. The highest BCUT2D eigenvalue weighted by molar-refractivity contribution is 6.29. The van der Waals surface area contributed by atoms with Crippen LogP contribution in [0, 0.1) is 0 Å². The fourth-order valence-electron chi connectivity index (χ4n) is 2.32. The zero-order valence-corrected chi connectivity index (χ0v) is 14.7. The van der Waals surface area contributed by atoms with Gasteiger partial charge in [0, 0.05) is 31.9 Å². The summed E-state index contributed by atoms with van der Waals surface area (Å²) >= 11 is 6.01. The highest BCUT2D eigenvalue weighted by Crippen LogP contribution is 2.22. The van der Waals surface area contributed by atoms with Crippen molar-refractivity contribution in [3.63, 3.8) is 0 Å². The van der Waals surface area contributed by atoms with E-state index in [1.54, 1.807) is 17.0 Å². The molecule has 1 aromatic rings. The average Bonchev–Trinajstić information content (AvgIpc) is 2.52. The molecular formula is C15H22ClN5O3. The molecule has 0 saturated carbocycles. The monoisotopic (exact) mass is 355 g/mol. The van der Waals surface area contributed by atoms with Gasteiger partial charge in [0.05, 0.1) is 0 Å². The van der Waals surface area contributed by atoms with Crippen molar-refractivity contribution in [1.29, 1.82) is 0 Å². The highest BCUT2D eigenvalue weighted by atomic mass is 35.5. The predicted octanol–water partition coefficient (Wildman–Crippen LogP) is 1.89. The minimum absolute atomic E-state index is 0.105. The van der Waals surface area contributed by atoms with E-state index < -0.39 is 5.60 Å². The van der Waals surface area contributed by atoms with Gasteiger partial charge in [-0.2, -0.15) is 0 Å². The van der Waals surface area contributed by atoms with Crippen LogP contribution in [0.25, 0.3) is 0 Å². The first-order valence-electron chi connectivity index (χ1n) is 7.58. The van der Waals surface area contributed by atoms with Crippen LogP contribution in [-0.2, 0) is 4.74 Å². The Bertz CT molecular complexity index is 636. The molecule has 1 aliphatic rings. The molecule has 1 amide bonds. The minimum atomic E-state index is -0.511. The number of carbonyl (C=O) groups excluding carboxylic acids is 1. The van der Waals surface area contributed by atoms with Gasteiger partial charge in [-0.15, -0.1) is 0 Å². The molecule has 2 heterocycles. The van der Waals surface area contributed by atoms with Crippen molar-refractivity contribution in [3.8, 4) is 0 Å². The molecule has 1 aromatic heterocycles. The third-order valence-electron chi connectivity index (χ3n) is 3.45. The molecule has 0 radical (unpaired) electrons. The Kier molecular flexibility index (Phi) is 5.38. The van der Waals surface area contributed by atoms with Gasteiger partial charge < -0.3 is 25.5 Å². The SMILES string of the molecule is CC(C)(C)OC(=O)N1CCN(c2cc(Cl)nc(/C(N)=N/O)c2)CC1. The molecule has 132 valence electrons. The molecule has 1 aliphatic heterocycles. The Morgan fingerprint density at radius 3 is 2.50 bits per heavy atom. The van der Waals surface area contributed by atoms with Crippen molar-refractivity contribution < 1.29 is 14.7 Å². The molecule has 3 N–H and O–H groups in total. The van der Waals surface area contributed by atoms with Crippen molar-refractivity contribution >= 4 is 29.2 Å². The Balaban J connectivity index is 2.05. The van der Waals surface area contributed by atoms with Crippen LogP contribution < -0.4 is 10.6 Å². The van der Waals surface area contributed by atoms with Crippen molar-refractivity contribution in [1.82, 2.24) is 9.88 Å². The first kappa shape index (κ1) is 18.1. The van der Waals surface area contributed by atoms with E-state index in [4.69, 9.17) is 27.3 Å².